The average Bonchev–Trinajstić information content (AvgIpc) is 2.69. The maximum Gasteiger partial charge on any atom is 0.325 e. The molecule has 1 aromatic heterocycles. The SMILES string of the molecule is Cc1ccc(S(=O)(=O)N2CCN(C(=O)CCc3c(C)[nH]c(=O)[nH]c3=O)CC2)cc1C. The van der Waals surface area contributed by atoms with Crippen LogP contribution < -0.4 is 11.2 Å². The normalized spacial score (nSPS) is 15.4. The van der Waals surface area contributed by atoms with E-state index in [0.717, 1.165) is 11.1 Å². The summed E-state index contributed by atoms with van der Waals surface area (Å²) >= 11 is 0. The average molecular weight is 435 g/mol. The predicted octanol–water partition coefficient (Wildman–Crippen LogP) is 0.454. The van der Waals surface area contributed by atoms with Gasteiger partial charge < -0.3 is 9.88 Å². The topological polar surface area (TPSA) is 123 Å². The Morgan fingerprint density at radius 3 is 2.27 bits per heavy atom. The van der Waals surface area contributed by atoms with Gasteiger partial charge in [-0.05, 0) is 50.5 Å². The summed E-state index contributed by atoms with van der Waals surface area (Å²) in [5.41, 5.74) is 1.69. The van der Waals surface area contributed by atoms with Gasteiger partial charge in [0, 0.05) is 43.9 Å². The molecule has 1 aliphatic heterocycles. The van der Waals surface area contributed by atoms with Gasteiger partial charge in [-0.25, -0.2) is 13.2 Å². The Balaban J connectivity index is 1.61. The zero-order chi connectivity index (χ0) is 22.1. The van der Waals surface area contributed by atoms with Crippen molar-refractivity contribution < 1.29 is 13.2 Å². The minimum Gasteiger partial charge on any atom is -0.340 e. The molecule has 0 spiro atoms. The van der Waals surface area contributed by atoms with Crippen molar-refractivity contribution in [1.29, 1.82) is 0 Å². The molecule has 0 saturated carbocycles. The third-order valence-electron chi connectivity index (χ3n) is 5.55. The number of carbonyl (C=O) groups is 1. The van der Waals surface area contributed by atoms with Crippen LogP contribution in [0.4, 0.5) is 0 Å². The quantitative estimate of drug-likeness (QED) is 0.707. The molecule has 2 N–H and O–H groups in total. The van der Waals surface area contributed by atoms with Gasteiger partial charge in [0.15, 0.2) is 0 Å². The minimum absolute atomic E-state index is 0.111. The van der Waals surface area contributed by atoms with Gasteiger partial charge >= 0.3 is 5.69 Å². The van der Waals surface area contributed by atoms with Crippen molar-refractivity contribution in [3.63, 3.8) is 0 Å². The molecule has 2 heterocycles. The molecule has 0 aliphatic carbocycles. The number of carbonyl (C=O) groups excluding carboxylic acids is 1. The molecule has 162 valence electrons. The minimum atomic E-state index is -3.60. The third kappa shape index (κ3) is 4.54. The van der Waals surface area contributed by atoms with Gasteiger partial charge in [-0.2, -0.15) is 4.31 Å². The van der Waals surface area contributed by atoms with E-state index in [4.69, 9.17) is 0 Å². The second kappa shape index (κ2) is 8.57. The van der Waals surface area contributed by atoms with E-state index in [0.29, 0.717) is 24.3 Å². The van der Waals surface area contributed by atoms with E-state index in [1.165, 1.54) is 4.31 Å². The number of benzene rings is 1. The van der Waals surface area contributed by atoms with Gasteiger partial charge in [-0.3, -0.25) is 14.6 Å². The van der Waals surface area contributed by atoms with E-state index < -0.39 is 21.3 Å². The van der Waals surface area contributed by atoms with Crippen LogP contribution in [0.1, 0.15) is 28.8 Å². The molecule has 1 saturated heterocycles. The van der Waals surface area contributed by atoms with Crippen LogP contribution in [0, 0.1) is 20.8 Å². The molecule has 10 heteroatoms. The molecule has 30 heavy (non-hydrogen) atoms. The highest BCUT2D eigenvalue weighted by Gasteiger charge is 2.30. The van der Waals surface area contributed by atoms with Gasteiger partial charge in [-0.1, -0.05) is 6.07 Å². The first-order chi connectivity index (χ1) is 14.1. The Bertz CT molecular complexity index is 1170. The van der Waals surface area contributed by atoms with E-state index in [9.17, 15) is 22.8 Å². The fourth-order valence-electron chi connectivity index (χ4n) is 3.52. The van der Waals surface area contributed by atoms with Crippen LogP contribution >= 0.6 is 0 Å². The molecular weight excluding hydrogens is 408 g/mol. The number of sulfonamides is 1. The maximum atomic E-state index is 12.9. The predicted molar refractivity (Wildman–Crippen MR) is 112 cm³/mol. The van der Waals surface area contributed by atoms with E-state index >= 15 is 0 Å². The van der Waals surface area contributed by atoms with Crippen molar-refractivity contribution in [2.24, 2.45) is 0 Å². The molecule has 0 bridgehead atoms. The van der Waals surface area contributed by atoms with Crippen molar-refractivity contribution >= 4 is 15.9 Å². The molecule has 1 aliphatic rings. The Morgan fingerprint density at radius 1 is 1.00 bits per heavy atom. The monoisotopic (exact) mass is 434 g/mol. The zero-order valence-corrected chi connectivity index (χ0v) is 18.1. The molecule has 0 unspecified atom stereocenters. The largest absolute Gasteiger partial charge is 0.340 e. The first-order valence-corrected chi connectivity index (χ1v) is 11.2. The van der Waals surface area contributed by atoms with Crippen LogP contribution in [0.2, 0.25) is 0 Å². The summed E-state index contributed by atoms with van der Waals surface area (Å²) in [5.74, 6) is -0.150. The lowest BCUT2D eigenvalue weighted by atomic mass is 10.1. The number of piperazine rings is 1. The summed E-state index contributed by atoms with van der Waals surface area (Å²) in [6.45, 7) is 6.46. The number of hydrogen-bond acceptors (Lipinski definition) is 5. The Labute approximate surface area is 174 Å². The summed E-state index contributed by atoms with van der Waals surface area (Å²) in [4.78, 5) is 42.3. The van der Waals surface area contributed by atoms with E-state index in [1.807, 2.05) is 13.8 Å². The number of amides is 1. The highest BCUT2D eigenvalue weighted by Crippen LogP contribution is 2.20. The smallest absolute Gasteiger partial charge is 0.325 e. The Morgan fingerprint density at radius 2 is 1.67 bits per heavy atom. The van der Waals surface area contributed by atoms with Gasteiger partial charge in [0.1, 0.15) is 0 Å². The molecule has 0 atom stereocenters. The van der Waals surface area contributed by atoms with Crippen molar-refractivity contribution in [2.75, 3.05) is 26.2 Å². The first kappa shape index (κ1) is 22.0. The number of aryl methyl sites for hydroxylation is 3. The summed E-state index contributed by atoms with van der Waals surface area (Å²) in [6, 6.07) is 5.08. The summed E-state index contributed by atoms with van der Waals surface area (Å²) in [7, 11) is -3.60. The molecule has 9 nitrogen and oxygen atoms in total. The second-order valence-electron chi connectivity index (χ2n) is 7.54. The van der Waals surface area contributed by atoms with Crippen molar-refractivity contribution in [3.05, 3.63) is 61.4 Å². The van der Waals surface area contributed by atoms with Crippen LogP contribution in [0.3, 0.4) is 0 Å². The Kier molecular flexibility index (Phi) is 6.27. The third-order valence-corrected chi connectivity index (χ3v) is 7.45. The highest BCUT2D eigenvalue weighted by atomic mass is 32.2. The van der Waals surface area contributed by atoms with Crippen LogP contribution in [-0.4, -0.2) is 59.7 Å². The van der Waals surface area contributed by atoms with Crippen LogP contribution in [0.15, 0.2) is 32.7 Å². The lowest BCUT2D eigenvalue weighted by molar-refractivity contribution is -0.132. The molecule has 2 aromatic rings. The zero-order valence-electron chi connectivity index (χ0n) is 17.3. The number of nitrogens with one attached hydrogen (secondary N) is 2. The first-order valence-electron chi connectivity index (χ1n) is 9.77. The van der Waals surface area contributed by atoms with Crippen molar-refractivity contribution in [2.45, 2.75) is 38.5 Å². The number of hydrogen-bond donors (Lipinski definition) is 2. The van der Waals surface area contributed by atoms with Gasteiger partial charge in [0.2, 0.25) is 15.9 Å². The van der Waals surface area contributed by atoms with Crippen molar-refractivity contribution in [3.8, 4) is 0 Å². The molecular formula is C20H26N4O5S. The van der Waals surface area contributed by atoms with Gasteiger partial charge in [0.25, 0.3) is 5.56 Å². The summed E-state index contributed by atoms with van der Waals surface area (Å²) in [5, 5.41) is 0. The van der Waals surface area contributed by atoms with Gasteiger partial charge in [0.05, 0.1) is 4.90 Å². The Hall–Kier alpha value is -2.72. The second-order valence-corrected chi connectivity index (χ2v) is 9.48. The number of H-pyrrole nitrogens is 2. The summed E-state index contributed by atoms with van der Waals surface area (Å²) in [6.07, 6.45) is 0.317. The number of nitrogens with zero attached hydrogens (tertiary/aromatic N) is 2. The fraction of sp³-hybridized carbons (Fsp3) is 0.450. The van der Waals surface area contributed by atoms with Gasteiger partial charge in [-0.15, -0.1) is 0 Å². The number of aromatic amines is 2. The molecule has 3 rings (SSSR count). The standard InChI is InChI=1S/C20H26N4O5S/c1-13-4-5-16(12-14(13)2)30(28,29)24-10-8-23(9-11-24)18(25)7-6-17-15(3)21-20(27)22-19(17)26/h4-5,12H,6-11H2,1-3H3,(H2,21,22,26,27). The lowest BCUT2D eigenvalue weighted by Crippen LogP contribution is -2.50. The molecule has 1 aromatic carbocycles. The fourth-order valence-corrected chi connectivity index (χ4v) is 5.03. The van der Waals surface area contributed by atoms with Crippen LogP contribution in [0.25, 0.3) is 0 Å². The van der Waals surface area contributed by atoms with E-state index in [-0.39, 0.29) is 36.7 Å². The maximum absolute atomic E-state index is 12.9. The number of aromatic nitrogens is 2. The molecule has 0 radical (unpaired) electrons. The highest BCUT2D eigenvalue weighted by molar-refractivity contribution is 7.89. The van der Waals surface area contributed by atoms with Crippen molar-refractivity contribution in [1.82, 2.24) is 19.2 Å². The van der Waals surface area contributed by atoms with E-state index in [2.05, 4.69) is 9.97 Å². The summed E-state index contributed by atoms with van der Waals surface area (Å²) < 4.78 is 27.2. The lowest BCUT2D eigenvalue weighted by Gasteiger charge is -2.34. The molecule has 1 amide bonds. The van der Waals surface area contributed by atoms with E-state index in [1.54, 1.807) is 30.0 Å². The van der Waals surface area contributed by atoms with Crippen LogP contribution in [0.5, 0.6) is 0 Å². The van der Waals surface area contributed by atoms with Crippen LogP contribution in [-0.2, 0) is 21.2 Å². The number of rotatable bonds is 5. The molecule has 1 fully saturated rings.